The Labute approximate surface area is 135 Å². The fourth-order valence-corrected chi connectivity index (χ4v) is 1.89. The summed E-state index contributed by atoms with van der Waals surface area (Å²) in [6, 6.07) is 8.97. The Morgan fingerprint density at radius 3 is 1.91 bits per heavy atom. The fourth-order valence-electron chi connectivity index (χ4n) is 1.89. The van der Waals surface area contributed by atoms with E-state index in [1.165, 1.54) is 4.90 Å². The second kappa shape index (κ2) is 9.40. The zero-order valence-electron chi connectivity index (χ0n) is 13.6. The topological polar surface area (TPSA) is 72.9 Å². The molecule has 0 aromatic heterocycles. The van der Waals surface area contributed by atoms with Crippen molar-refractivity contribution < 1.29 is 23.9 Å². The summed E-state index contributed by atoms with van der Waals surface area (Å²) < 4.78 is 9.63. The molecule has 0 saturated carbocycles. The maximum atomic E-state index is 12.4. The van der Waals surface area contributed by atoms with Gasteiger partial charge in [-0.15, -0.1) is 0 Å². The highest BCUT2D eigenvalue weighted by Gasteiger charge is 2.24. The SMILES string of the molecule is CCOC(=O)C(=CC(=O)N(CC)c1ccccc1)C(=O)OCC. The van der Waals surface area contributed by atoms with Crippen LogP contribution in [0.15, 0.2) is 42.0 Å². The number of carbonyl (C=O) groups is 3. The van der Waals surface area contributed by atoms with E-state index >= 15 is 0 Å². The van der Waals surface area contributed by atoms with E-state index in [2.05, 4.69) is 0 Å². The summed E-state index contributed by atoms with van der Waals surface area (Å²) in [5.41, 5.74) is 0.261. The van der Waals surface area contributed by atoms with Gasteiger partial charge in [0.05, 0.1) is 13.2 Å². The van der Waals surface area contributed by atoms with E-state index in [0.717, 1.165) is 6.08 Å². The summed E-state index contributed by atoms with van der Waals surface area (Å²) in [4.78, 5) is 37.6. The van der Waals surface area contributed by atoms with Gasteiger partial charge in [0.15, 0.2) is 0 Å². The number of hydrogen-bond donors (Lipinski definition) is 0. The second-order valence-electron chi connectivity index (χ2n) is 4.42. The highest BCUT2D eigenvalue weighted by Crippen LogP contribution is 2.14. The Morgan fingerprint density at radius 1 is 0.957 bits per heavy atom. The number of hydrogen-bond acceptors (Lipinski definition) is 5. The van der Waals surface area contributed by atoms with Crippen molar-refractivity contribution in [3.8, 4) is 0 Å². The van der Waals surface area contributed by atoms with Crippen LogP contribution in [0.2, 0.25) is 0 Å². The van der Waals surface area contributed by atoms with Crippen LogP contribution in [0.25, 0.3) is 0 Å². The van der Waals surface area contributed by atoms with Crippen LogP contribution in [0.4, 0.5) is 5.69 Å². The Kier molecular flexibility index (Phi) is 7.53. The lowest BCUT2D eigenvalue weighted by atomic mass is 10.2. The van der Waals surface area contributed by atoms with Crippen LogP contribution in [0, 0.1) is 0 Å². The van der Waals surface area contributed by atoms with Gasteiger partial charge in [-0.25, -0.2) is 9.59 Å². The van der Waals surface area contributed by atoms with Crippen molar-refractivity contribution in [2.45, 2.75) is 20.8 Å². The third-order valence-corrected chi connectivity index (χ3v) is 2.91. The van der Waals surface area contributed by atoms with E-state index in [9.17, 15) is 14.4 Å². The van der Waals surface area contributed by atoms with Gasteiger partial charge in [0, 0.05) is 18.3 Å². The molecule has 6 heteroatoms. The number of benzene rings is 1. The molecular formula is C17H21NO5. The molecule has 1 rings (SSSR count). The van der Waals surface area contributed by atoms with Gasteiger partial charge in [0.2, 0.25) is 0 Å². The molecule has 0 aliphatic carbocycles. The first kappa shape index (κ1) is 18.4. The Morgan fingerprint density at radius 2 is 1.48 bits per heavy atom. The van der Waals surface area contributed by atoms with E-state index in [4.69, 9.17) is 9.47 Å². The van der Waals surface area contributed by atoms with Crippen LogP contribution in [-0.2, 0) is 23.9 Å². The van der Waals surface area contributed by atoms with Crippen LogP contribution >= 0.6 is 0 Å². The molecule has 0 aliphatic heterocycles. The van der Waals surface area contributed by atoms with Crippen molar-refractivity contribution in [3.63, 3.8) is 0 Å². The molecule has 0 aliphatic rings. The average Bonchev–Trinajstić information content (AvgIpc) is 2.54. The van der Waals surface area contributed by atoms with E-state index < -0.39 is 23.4 Å². The molecule has 6 nitrogen and oxygen atoms in total. The molecule has 1 amide bonds. The third kappa shape index (κ3) is 5.25. The van der Waals surface area contributed by atoms with Gasteiger partial charge in [-0.3, -0.25) is 4.79 Å². The largest absolute Gasteiger partial charge is 0.462 e. The number of anilines is 1. The van der Waals surface area contributed by atoms with Crippen molar-refractivity contribution in [1.29, 1.82) is 0 Å². The molecule has 0 fully saturated rings. The number of para-hydroxylation sites is 1. The minimum atomic E-state index is -0.872. The van der Waals surface area contributed by atoms with Crippen LogP contribution in [0.5, 0.6) is 0 Å². The minimum Gasteiger partial charge on any atom is -0.462 e. The third-order valence-electron chi connectivity index (χ3n) is 2.91. The summed E-state index contributed by atoms with van der Waals surface area (Å²) >= 11 is 0. The molecule has 0 saturated heterocycles. The van der Waals surface area contributed by atoms with Crippen molar-refractivity contribution in [3.05, 3.63) is 42.0 Å². The number of nitrogens with zero attached hydrogens (tertiary/aromatic N) is 1. The zero-order chi connectivity index (χ0) is 17.2. The molecule has 0 N–H and O–H groups in total. The maximum absolute atomic E-state index is 12.4. The number of ether oxygens (including phenoxy) is 2. The van der Waals surface area contributed by atoms with Gasteiger partial charge < -0.3 is 14.4 Å². The van der Waals surface area contributed by atoms with E-state index in [0.29, 0.717) is 12.2 Å². The summed E-state index contributed by atoms with van der Waals surface area (Å²) in [5, 5.41) is 0. The zero-order valence-corrected chi connectivity index (χ0v) is 13.6. The monoisotopic (exact) mass is 319 g/mol. The first-order chi connectivity index (χ1) is 11.0. The lowest BCUT2D eigenvalue weighted by Crippen LogP contribution is -2.30. The maximum Gasteiger partial charge on any atom is 0.345 e. The van der Waals surface area contributed by atoms with Gasteiger partial charge in [0.1, 0.15) is 5.57 Å². The van der Waals surface area contributed by atoms with Gasteiger partial charge >= 0.3 is 11.9 Å². The fraction of sp³-hybridized carbons (Fsp3) is 0.353. The molecule has 0 bridgehead atoms. The van der Waals surface area contributed by atoms with Gasteiger partial charge in [-0.05, 0) is 32.9 Å². The molecule has 1 aromatic rings. The molecule has 1 aromatic carbocycles. The standard InChI is InChI=1S/C17H21NO5/c1-4-18(13-10-8-7-9-11-13)15(19)12-14(16(20)22-5-2)17(21)23-6-3/h7-12H,4-6H2,1-3H3. The number of carbonyl (C=O) groups excluding carboxylic acids is 3. The molecule has 0 spiro atoms. The summed E-state index contributed by atoms with van der Waals surface area (Å²) in [5.74, 6) is -2.23. The summed E-state index contributed by atoms with van der Waals surface area (Å²) in [7, 11) is 0. The molecule has 23 heavy (non-hydrogen) atoms. The smallest absolute Gasteiger partial charge is 0.345 e. The number of esters is 2. The van der Waals surface area contributed by atoms with Gasteiger partial charge in [-0.1, -0.05) is 18.2 Å². The average molecular weight is 319 g/mol. The summed E-state index contributed by atoms with van der Waals surface area (Å²) in [6.07, 6.45) is 0.965. The van der Waals surface area contributed by atoms with Gasteiger partial charge in [-0.2, -0.15) is 0 Å². The predicted octanol–water partition coefficient (Wildman–Crippen LogP) is 2.09. The molecule has 0 heterocycles. The number of amides is 1. The molecule has 0 unspecified atom stereocenters. The molecule has 124 valence electrons. The second-order valence-corrected chi connectivity index (χ2v) is 4.42. The van der Waals surface area contributed by atoms with E-state index in [1.807, 2.05) is 6.07 Å². The Bertz CT molecular complexity index is 560. The normalized spacial score (nSPS) is 9.70. The first-order valence-electron chi connectivity index (χ1n) is 7.47. The highest BCUT2D eigenvalue weighted by molar-refractivity contribution is 6.19. The van der Waals surface area contributed by atoms with Crippen LogP contribution in [0.3, 0.4) is 0 Å². The molecular weight excluding hydrogens is 298 g/mol. The Balaban J connectivity index is 3.10. The lowest BCUT2D eigenvalue weighted by Gasteiger charge is -2.19. The quantitative estimate of drug-likeness (QED) is 0.333. The van der Waals surface area contributed by atoms with E-state index in [1.54, 1.807) is 45.0 Å². The number of likely N-dealkylation sites (N-methyl/N-ethyl adjacent to an activating group) is 1. The lowest BCUT2D eigenvalue weighted by molar-refractivity contribution is -0.146. The van der Waals surface area contributed by atoms with Crippen LogP contribution in [0.1, 0.15) is 20.8 Å². The van der Waals surface area contributed by atoms with Crippen molar-refractivity contribution in [1.82, 2.24) is 0 Å². The Hall–Kier alpha value is -2.63. The molecule has 0 atom stereocenters. The van der Waals surface area contributed by atoms with Gasteiger partial charge in [0.25, 0.3) is 5.91 Å². The van der Waals surface area contributed by atoms with Crippen molar-refractivity contribution in [2.75, 3.05) is 24.7 Å². The highest BCUT2D eigenvalue weighted by atomic mass is 16.6. The summed E-state index contributed by atoms with van der Waals surface area (Å²) in [6.45, 7) is 5.61. The molecule has 0 radical (unpaired) electrons. The van der Waals surface area contributed by atoms with E-state index in [-0.39, 0.29) is 13.2 Å². The minimum absolute atomic E-state index is 0.0972. The number of rotatable bonds is 7. The van der Waals surface area contributed by atoms with Crippen LogP contribution < -0.4 is 4.90 Å². The first-order valence-corrected chi connectivity index (χ1v) is 7.47. The predicted molar refractivity (Wildman–Crippen MR) is 85.8 cm³/mol. The van der Waals surface area contributed by atoms with Crippen LogP contribution in [-0.4, -0.2) is 37.6 Å². The van der Waals surface area contributed by atoms with Crippen molar-refractivity contribution >= 4 is 23.5 Å². The van der Waals surface area contributed by atoms with Crippen molar-refractivity contribution in [2.24, 2.45) is 0 Å².